The number of amides is 2. The first-order valence-electron chi connectivity index (χ1n) is 15.4. The Kier molecular flexibility index (Phi) is 10.6. The van der Waals surface area contributed by atoms with Crippen LogP contribution < -0.4 is 10.1 Å². The highest BCUT2D eigenvalue weighted by Gasteiger charge is 2.32. The molecule has 0 radical (unpaired) electrons. The number of fused-ring (bicyclic) bond motifs is 1. The number of likely N-dealkylation sites (N-methyl/N-ethyl adjacent to an activating group) is 1. The number of piperidine rings is 1. The van der Waals surface area contributed by atoms with E-state index in [4.69, 9.17) is 4.74 Å². The van der Waals surface area contributed by atoms with Crippen molar-refractivity contribution in [3.05, 3.63) is 101 Å². The molecule has 2 N–H and O–H groups in total. The van der Waals surface area contributed by atoms with Crippen LogP contribution in [0.25, 0.3) is 22.0 Å². The Morgan fingerprint density at radius 2 is 1.77 bits per heavy atom. The number of allylic oxidation sites excluding steroid dienone is 1. The molecule has 1 saturated heterocycles. The molecule has 252 valence electrons. The second-order valence-electron chi connectivity index (χ2n) is 11.7. The van der Waals surface area contributed by atoms with Gasteiger partial charge in [-0.3, -0.25) is 19.6 Å². The minimum atomic E-state index is -4.59. The Balaban J connectivity index is 1.49. The van der Waals surface area contributed by atoms with Gasteiger partial charge in [0, 0.05) is 63.7 Å². The third-order valence-corrected chi connectivity index (χ3v) is 8.04. The van der Waals surface area contributed by atoms with Crippen molar-refractivity contribution in [3.63, 3.8) is 0 Å². The van der Waals surface area contributed by atoms with Crippen LogP contribution in [-0.4, -0.2) is 89.9 Å². The third-order valence-electron chi connectivity index (χ3n) is 8.04. The number of pyridine rings is 1. The molecule has 3 heterocycles. The summed E-state index contributed by atoms with van der Waals surface area (Å²) in [6, 6.07) is 13.7. The summed E-state index contributed by atoms with van der Waals surface area (Å²) in [5.41, 5.74) is 1.67. The summed E-state index contributed by atoms with van der Waals surface area (Å²) < 4.78 is 63.3. The average Bonchev–Trinajstić information content (AvgIpc) is 3.44. The second kappa shape index (κ2) is 14.8. The van der Waals surface area contributed by atoms with Gasteiger partial charge in [-0.2, -0.15) is 22.7 Å². The van der Waals surface area contributed by atoms with Gasteiger partial charge >= 0.3 is 6.18 Å². The molecule has 1 aliphatic heterocycles. The van der Waals surface area contributed by atoms with Gasteiger partial charge in [0.1, 0.15) is 6.10 Å². The molecule has 1 aliphatic rings. The van der Waals surface area contributed by atoms with Gasteiger partial charge in [-0.25, -0.2) is 4.98 Å². The average molecular weight is 665 g/mol. The first-order valence-corrected chi connectivity index (χ1v) is 15.4. The molecule has 48 heavy (non-hydrogen) atoms. The van der Waals surface area contributed by atoms with Crippen molar-refractivity contribution in [2.24, 2.45) is 0 Å². The molecule has 13 heteroatoms. The summed E-state index contributed by atoms with van der Waals surface area (Å²) in [5, 5.41) is 8.80. The highest BCUT2D eigenvalue weighted by Crippen LogP contribution is 2.40. The van der Waals surface area contributed by atoms with Crippen LogP contribution in [0.3, 0.4) is 0 Å². The third kappa shape index (κ3) is 8.45. The maximum Gasteiger partial charge on any atom is 0.393 e. The van der Waals surface area contributed by atoms with Crippen LogP contribution in [0.4, 0.5) is 17.6 Å². The van der Waals surface area contributed by atoms with Gasteiger partial charge in [-0.15, -0.1) is 0 Å². The van der Waals surface area contributed by atoms with Crippen LogP contribution in [0.15, 0.2) is 72.9 Å². The molecule has 0 spiro atoms. The number of ether oxygens (including phenoxy) is 1. The number of nitrogens with one attached hydrogen (secondary N) is 2. The predicted octanol–water partition coefficient (Wildman–Crippen LogP) is 5.86. The molecule has 2 aromatic carbocycles. The monoisotopic (exact) mass is 664 g/mol. The van der Waals surface area contributed by atoms with Gasteiger partial charge in [0.2, 0.25) is 17.7 Å². The van der Waals surface area contributed by atoms with Crippen LogP contribution in [-0.2, 0) is 4.79 Å². The van der Waals surface area contributed by atoms with E-state index in [-0.39, 0.29) is 40.0 Å². The summed E-state index contributed by atoms with van der Waals surface area (Å²) in [6.07, 6.45) is 0.437. The van der Waals surface area contributed by atoms with Crippen molar-refractivity contribution >= 4 is 33.9 Å². The van der Waals surface area contributed by atoms with Crippen molar-refractivity contribution in [1.82, 2.24) is 30.3 Å². The first kappa shape index (κ1) is 34.3. The van der Waals surface area contributed by atoms with Crippen molar-refractivity contribution < 1.29 is 31.9 Å². The van der Waals surface area contributed by atoms with Crippen molar-refractivity contribution in [3.8, 4) is 5.88 Å². The van der Waals surface area contributed by atoms with Gasteiger partial charge in [-0.05, 0) is 72.0 Å². The van der Waals surface area contributed by atoms with E-state index in [0.717, 1.165) is 19.4 Å². The largest absolute Gasteiger partial charge is 0.473 e. The number of carbonyl (C=O) groups excluding carboxylic acids is 2. The number of carbonyl (C=O) groups is 2. The minimum absolute atomic E-state index is 0.0756. The molecule has 1 atom stereocenters. The number of aromatic nitrogens is 3. The molecular weight excluding hydrogens is 628 g/mol. The summed E-state index contributed by atoms with van der Waals surface area (Å²) in [4.78, 5) is 32.1. The molecule has 1 fully saturated rings. The Morgan fingerprint density at radius 3 is 2.44 bits per heavy atom. The number of halogens is 4. The van der Waals surface area contributed by atoms with E-state index in [1.807, 2.05) is 6.08 Å². The Morgan fingerprint density at radius 1 is 1.06 bits per heavy atom. The van der Waals surface area contributed by atoms with Gasteiger partial charge in [0.05, 0.1) is 17.3 Å². The van der Waals surface area contributed by atoms with E-state index in [2.05, 4.69) is 25.4 Å². The molecule has 0 aliphatic carbocycles. The number of rotatable bonds is 10. The lowest BCUT2D eigenvalue weighted by Crippen LogP contribution is -2.41. The van der Waals surface area contributed by atoms with E-state index < -0.39 is 18.5 Å². The van der Waals surface area contributed by atoms with Crippen molar-refractivity contribution in [2.45, 2.75) is 31.5 Å². The molecule has 4 aromatic rings. The Labute approximate surface area is 275 Å². The van der Waals surface area contributed by atoms with E-state index in [0.29, 0.717) is 41.2 Å². The molecule has 0 bridgehead atoms. The lowest BCUT2D eigenvalue weighted by molar-refractivity contribution is -0.124. The number of aromatic amines is 1. The van der Waals surface area contributed by atoms with Gasteiger partial charge in [0.15, 0.2) is 0 Å². The quantitative estimate of drug-likeness (QED) is 0.125. The lowest BCUT2D eigenvalue weighted by atomic mass is 9.87. The molecule has 2 aromatic heterocycles. The number of H-pyrrole nitrogens is 1. The Bertz CT molecular complexity index is 1810. The number of likely N-dealkylation sites (tertiary alicyclic amines) is 1. The van der Waals surface area contributed by atoms with Crippen LogP contribution >= 0.6 is 0 Å². The summed E-state index contributed by atoms with van der Waals surface area (Å²) in [7, 11) is 4.85. The fraction of sp³-hybridized carbons (Fsp3) is 0.314. The van der Waals surface area contributed by atoms with Crippen LogP contribution in [0, 0.1) is 5.95 Å². The molecule has 0 unspecified atom stereocenters. The van der Waals surface area contributed by atoms with Crippen LogP contribution in [0.2, 0.25) is 0 Å². The topological polar surface area (TPSA) is 103 Å². The van der Waals surface area contributed by atoms with E-state index in [1.54, 1.807) is 32.3 Å². The highest BCUT2D eigenvalue weighted by molar-refractivity contribution is 6.01. The number of benzene rings is 2. The Hall–Kier alpha value is -5.04. The maximum atomic E-state index is 14.6. The van der Waals surface area contributed by atoms with E-state index in [9.17, 15) is 27.2 Å². The molecule has 2 amide bonds. The number of hydrogen-bond acceptors (Lipinski definition) is 6. The molecule has 9 nitrogen and oxygen atoms in total. The molecule has 0 saturated carbocycles. The zero-order valence-electron chi connectivity index (χ0n) is 26.8. The minimum Gasteiger partial charge on any atom is -0.473 e. The SMILES string of the molecule is CNC(=O)c1ccc(/C(CC(F)(F)F)=C(\c2ccc(O[C@@H]3CCCN(C/C=C/C(=O)N(C)C)C3)nc2)c2ccc3n[nH]c(F)c3c2)cc1. The van der Waals surface area contributed by atoms with Gasteiger partial charge in [-0.1, -0.05) is 24.3 Å². The normalized spacial score (nSPS) is 16.2. The summed E-state index contributed by atoms with van der Waals surface area (Å²) in [6.45, 7) is 2.06. The zero-order chi connectivity index (χ0) is 34.4. The maximum absolute atomic E-state index is 14.6. The highest BCUT2D eigenvalue weighted by atomic mass is 19.4. The number of nitrogens with zero attached hydrogens (tertiary/aromatic N) is 4. The zero-order valence-corrected chi connectivity index (χ0v) is 26.8. The number of hydrogen-bond donors (Lipinski definition) is 2. The molecule has 5 rings (SSSR count). The van der Waals surface area contributed by atoms with E-state index >= 15 is 0 Å². The predicted molar refractivity (Wildman–Crippen MR) is 175 cm³/mol. The molecular formula is C35H36F4N6O3. The summed E-state index contributed by atoms with van der Waals surface area (Å²) in [5.74, 6) is -0.860. The smallest absolute Gasteiger partial charge is 0.393 e. The van der Waals surface area contributed by atoms with Crippen molar-refractivity contribution in [1.29, 1.82) is 0 Å². The van der Waals surface area contributed by atoms with Gasteiger partial charge < -0.3 is 15.0 Å². The van der Waals surface area contributed by atoms with Crippen LogP contribution in [0.1, 0.15) is 46.3 Å². The summed E-state index contributed by atoms with van der Waals surface area (Å²) >= 11 is 0. The van der Waals surface area contributed by atoms with Gasteiger partial charge in [0.25, 0.3) is 5.91 Å². The van der Waals surface area contributed by atoms with E-state index in [1.165, 1.54) is 60.6 Å². The number of alkyl halides is 3. The van der Waals surface area contributed by atoms with Crippen molar-refractivity contribution in [2.75, 3.05) is 40.8 Å². The fourth-order valence-electron chi connectivity index (χ4n) is 5.65. The lowest BCUT2D eigenvalue weighted by Gasteiger charge is -2.31. The standard InChI is InChI=1S/C35H36F4N6O3/c1-40-34(47)23-10-8-22(9-11-23)28(19-35(37,38)39)32(24-12-14-29-27(18-24)33(36)43-42-29)25-13-15-30(41-20-25)48-26-6-4-16-45(21-26)17-5-7-31(46)44(2)3/h5,7-15,18,20,26H,4,6,16-17,19,21H2,1-3H3,(H,40,47)(H,42,43)/b7-5+,32-28-/t26-/m1/s1. The fourth-order valence-corrected chi connectivity index (χ4v) is 5.65. The van der Waals surface area contributed by atoms with Crippen LogP contribution in [0.5, 0.6) is 5.88 Å². The first-order chi connectivity index (χ1) is 22.9. The second-order valence-corrected chi connectivity index (χ2v) is 11.7.